The lowest BCUT2D eigenvalue weighted by atomic mass is 10.3. The summed E-state index contributed by atoms with van der Waals surface area (Å²) in [6, 6.07) is 5.63. The number of benzene rings is 1. The van der Waals surface area contributed by atoms with Crippen molar-refractivity contribution in [3.63, 3.8) is 0 Å². The number of thioether (sulfide) groups is 1. The molecule has 1 saturated heterocycles. The minimum atomic E-state index is -2.90. The number of anilines is 1. The molecule has 130 valence electrons. The Kier molecular flexibility index (Phi) is 5.31. The number of nitrogens with zero attached hydrogens (tertiary/aromatic N) is 1. The zero-order chi connectivity index (χ0) is 17.2. The highest BCUT2D eigenvalue weighted by atomic mass is 32.2. The number of nitrogens with one attached hydrogen (secondary N) is 1. The fourth-order valence-electron chi connectivity index (χ4n) is 2.46. The van der Waals surface area contributed by atoms with Crippen LogP contribution in [0.5, 0.6) is 5.75 Å². The highest BCUT2D eigenvalue weighted by Crippen LogP contribution is 2.30. The lowest BCUT2D eigenvalue weighted by Crippen LogP contribution is -2.17. The Morgan fingerprint density at radius 1 is 1.50 bits per heavy atom. The van der Waals surface area contributed by atoms with Gasteiger partial charge in [0.25, 0.3) is 0 Å². The van der Waals surface area contributed by atoms with Gasteiger partial charge in [0.1, 0.15) is 5.75 Å². The number of sulfone groups is 1. The van der Waals surface area contributed by atoms with Gasteiger partial charge < -0.3 is 10.1 Å². The van der Waals surface area contributed by atoms with Crippen molar-refractivity contribution in [1.29, 1.82) is 0 Å². The highest BCUT2D eigenvalue weighted by molar-refractivity contribution is 8.02. The Labute approximate surface area is 148 Å². The molecule has 2 aromatic rings. The first kappa shape index (κ1) is 17.5. The topological polar surface area (TPSA) is 85.4 Å². The average Bonchev–Trinajstić information content (AvgIpc) is 3.07. The molecule has 1 aromatic carbocycles. The van der Waals surface area contributed by atoms with E-state index in [1.807, 2.05) is 25.1 Å². The lowest BCUT2D eigenvalue weighted by Gasteiger charge is -2.06. The molecule has 0 spiro atoms. The van der Waals surface area contributed by atoms with Gasteiger partial charge in [0.15, 0.2) is 15.0 Å². The summed E-state index contributed by atoms with van der Waals surface area (Å²) < 4.78 is 29.2. The Morgan fingerprint density at radius 3 is 3.04 bits per heavy atom. The number of hydrogen-bond donors (Lipinski definition) is 1. The highest BCUT2D eigenvalue weighted by Gasteiger charge is 2.28. The van der Waals surface area contributed by atoms with Crippen molar-refractivity contribution in [2.75, 3.05) is 29.2 Å². The van der Waals surface area contributed by atoms with Crippen molar-refractivity contribution >= 4 is 54.2 Å². The third-order valence-corrected chi connectivity index (χ3v) is 7.77. The number of aromatic nitrogens is 1. The number of hydrogen-bond acceptors (Lipinski definition) is 7. The van der Waals surface area contributed by atoms with Gasteiger partial charge in [-0.1, -0.05) is 11.3 Å². The SMILES string of the molecule is CCOc1ccc2nc(NC(=O)CS[C@@H]3CCS(=O)(=O)C3)sc2c1. The number of carbonyl (C=O) groups is 1. The number of ether oxygens (including phenoxy) is 1. The molecule has 1 amide bonds. The van der Waals surface area contributed by atoms with Gasteiger partial charge in [-0.15, -0.1) is 11.8 Å². The fraction of sp³-hybridized carbons (Fsp3) is 0.467. The zero-order valence-electron chi connectivity index (χ0n) is 13.1. The van der Waals surface area contributed by atoms with Crippen LogP contribution in [0.3, 0.4) is 0 Å². The van der Waals surface area contributed by atoms with Crippen molar-refractivity contribution in [3.8, 4) is 5.75 Å². The van der Waals surface area contributed by atoms with Crippen LogP contribution in [0.25, 0.3) is 10.2 Å². The van der Waals surface area contributed by atoms with Crippen molar-refractivity contribution < 1.29 is 17.9 Å². The second-order valence-electron chi connectivity index (χ2n) is 5.47. The molecular weight excluding hydrogens is 368 g/mol. The molecule has 2 heterocycles. The third-order valence-electron chi connectivity index (χ3n) is 3.56. The quantitative estimate of drug-likeness (QED) is 0.821. The Morgan fingerprint density at radius 2 is 2.33 bits per heavy atom. The molecular formula is C15H18N2O4S3. The Hall–Kier alpha value is -1.32. The maximum atomic E-state index is 12.0. The first-order chi connectivity index (χ1) is 11.4. The number of rotatable bonds is 6. The summed E-state index contributed by atoms with van der Waals surface area (Å²) in [5, 5.41) is 3.35. The molecule has 0 aliphatic carbocycles. The summed E-state index contributed by atoms with van der Waals surface area (Å²) >= 11 is 2.79. The first-order valence-corrected chi connectivity index (χ1v) is 11.3. The van der Waals surface area contributed by atoms with Crippen LogP contribution in [0.2, 0.25) is 0 Å². The van der Waals surface area contributed by atoms with Crippen LogP contribution in [0.4, 0.5) is 5.13 Å². The van der Waals surface area contributed by atoms with Gasteiger partial charge in [0, 0.05) is 5.25 Å². The summed E-state index contributed by atoms with van der Waals surface area (Å²) in [4.78, 5) is 16.4. The summed E-state index contributed by atoms with van der Waals surface area (Å²) in [6.07, 6.45) is 0.627. The molecule has 0 radical (unpaired) electrons. The normalized spacial score (nSPS) is 19.5. The number of fused-ring (bicyclic) bond motifs is 1. The smallest absolute Gasteiger partial charge is 0.236 e. The molecule has 0 bridgehead atoms. The summed E-state index contributed by atoms with van der Waals surface area (Å²) in [7, 11) is -2.90. The average molecular weight is 387 g/mol. The van der Waals surface area contributed by atoms with Crippen molar-refractivity contribution in [2.45, 2.75) is 18.6 Å². The predicted octanol–water partition coefficient (Wildman–Crippen LogP) is 2.55. The lowest BCUT2D eigenvalue weighted by molar-refractivity contribution is -0.113. The van der Waals surface area contributed by atoms with E-state index in [4.69, 9.17) is 4.74 Å². The maximum absolute atomic E-state index is 12.0. The first-order valence-electron chi connectivity index (χ1n) is 7.60. The molecule has 3 rings (SSSR count). The largest absolute Gasteiger partial charge is 0.494 e. The summed E-state index contributed by atoms with van der Waals surface area (Å²) in [5.41, 5.74) is 0.813. The van der Waals surface area contributed by atoms with Crippen LogP contribution in [0.1, 0.15) is 13.3 Å². The molecule has 1 fully saturated rings. The fourth-order valence-corrected chi connectivity index (χ4v) is 6.81. The van der Waals surface area contributed by atoms with Crippen molar-refractivity contribution in [2.24, 2.45) is 0 Å². The summed E-state index contributed by atoms with van der Waals surface area (Å²) in [6.45, 7) is 2.53. The van der Waals surface area contributed by atoms with E-state index in [9.17, 15) is 13.2 Å². The van der Waals surface area contributed by atoms with Gasteiger partial charge in [-0.25, -0.2) is 13.4 Å². The molecule has 9 heteroatoms. The van der Waals surface area contributed by atoms with E-state index in [0.717, 1.165) is 16.0 Å². The number of carbonyl (C=O) groups excluding carboxylic acids is 1. The van der Waals surface area contributed by atoms with Crippen molar-refractivity contribution in [3.05, 3.63) is 18.2 Å². The van der Waals surface area contributed by atoms with Crippen LogP contribution in [0, 0.1) is 0 Å². The molecule has 6 nitrogen and oxygen atoms in total. The molecule has 1 atom stereocenters. The third kappa shape index (κ3) is 4.40. The van der Waals surface area contributed by atoms with Gasteiger partial charge in [0.05, 0.1) is 34.1 Å². The second-order valence-corrected chi connectivity index (χ2v) is 10.0. The number of amides is 1. The summed E-state index contributed by atoms with van der Waals surface area (Å²) in [5.74, 6) is 1.26. The van der Waals surface area contributed by atoms with E-state index >= 15 is 0 Å². The molecule has 1 N–H and O–H groups in total. The van der Waals surface area contributed by atoms with Crippen LogP contribution < -0.4 is 10.1 Å². The van der Waals surface area contributed by atoms with Gasteiger partial charge >= 0.3 is 0 Å². The maximum Gasteiger partial charge on any atom is 0.236 e. The van der Waals surface area contributed by atoms with Gasteiger partial charge in [-0.2, -0.15) is 0 Å². The Balaban J connectivity index is 1.57. The second kappa shape index (κ2) is 7.28. The Bertz CT molecular complexity index is 848. The van der Waals surface area contributed by atoms with E-state index in [1.165, 1.54) is 23.1 Å². The van der Waals surface area contributed by atoms with Crippen LogP contribution in [-0.4, -0.2) is 48.4 Å². The molecule has 24 heavy (non-hydrogen) atoms. The standard InChI is InChI=1S/C15H18N2O4S3/c1-2-21-10-3-4-12-13(7-10)23-15(16-12)17-14(18)8-22-11-5-6-24(19,20)9-11/h3-4,7,11H,2,5-6,8-9H2,1H3,(H,16,17,18)/t11-/m1/s1. The predicted molar refractivity (Wildman–Crippen MR) is 98.9 cm³/mol. The number of thiazole rings is 1. The molecule has 0 saturated carbocycles. The molecule has 1 aliphatic heterocycles. The van der Waals surface area contributed by atoms with Crippen LogP contribution in [-0.2, 0) is 14.6 Å². The van der Waals surface area contributed by atoms with Gasteiger partial charge in [-0.05, 0) is 31.5 Å². The molecule has 0 unspecified atom stereocenters. The van der Waals surface area contributed by atoms with E-state index in [-0.39, 0.29) is 28.4 Å². The zero-order valence-corrected chi connectivity index (χ0v) is 15.6. The minimum absolute atomic E-state index is 0.0184. The van der Waals surface area contributed by atoms with Gasteiger partial charge in [0.2, 0.25) is 5.91 Å². The van der Waals surface area contributed by atoms with Gasteiger partial charge in [-0.3, -0.25) is 4.79 Å². The monoisotopic (exact) mass is 386 g/mol. The van der Waals surface area contributed by atoms with E-state index in [0.29, 0.717) is 18.2 Å². The van der Waals surface area contributed by atoms with E-state index in [2.05, 4.69) is 10.3 Å². The molecule has 1 aromatic heterocycles. The minimum Gasteiger partial charge on any atom is -0.494 e. The molecule has 1 aliphatic rings. The van der Waals surface area contributed by atoms with E-state index < -0.39 is 9.84 Å². The van der Waals surface area contributed by atoms with E-state index in [1.54, 1.807) is 0 Å². The van der Waals surface area contributed by atoms with Crippen LogP contribution >= 0.6 is 23.1 Å². The van der Waals surface area contributed by atoms with Crippen LogP contribution in [0.15, 0.2) is 18.2 Å². The van der Waals surface area contributed by atoms with Crippen molar-refractivity contribution in [1.82, 2.24) is 4.98 Å².